The summed E-state index contributed by atoms with van der Waals surface area (Å²) in [6, 6.07) is 5.14. The molecule has 0 radical (unpaired) electrons. The lowest BCUT2D eigenvalue weighted by Gasteiger charge is -2.44. The first kappa shape index (κ1) is 25.8. The average molecular weight is 491 g/mol. The molecule has 2 saturated heterocycles. The molecule has 0 spiro atoms. The van der Waals surface area contributed by atoms with E-state index in [9.17, 15) is 18.7 Å². The number of aliphatic hydroxyl groups is 1. The highest BCUT2D eigenvalue weighted by Crippen LogP contribution is 2.45. The number of aryl methyl sites for hydroxylation is 1. The zero-order valence-electron chi connectivity index (χ0n) is 20.8. The fourth-order valence-electron chi connectivity index (χ4n) is 5.92. The number of piperidine rings is 1. The molecule has 2 aliphatic heterocycles. The van der Waals surface area contributed by atoms with E-state index >= 15 is 4.39 Å². The number of hydrogen-bond acceptors (Lipinski definition) is 3. The highest BCUT2D eigenvalue weighted by atomic mass is 19.1. The number of aliphatic hydroxyl groups excluding tert-OH is 1. The smallest absolute Gasteiger partial charge is 0.226 e. The topological polar surface area (TPSA) is 43.8 Å². The molecule has 0 aromatic heterocycles. The molecular weight excluding hydrogens is 453 g/mol. The van der Waals surface area contributed by atoms with Crippen molar-refractivity contribution in [1.82, 2.24) is 9.80 Å². The van der Waals surface area contributed by atoms with Crippen LogP contribution in [-0.2, 0) is 11.3 Å². The quantitative estimate of drug-likeness (QED) is 0.454. The van der Waals surface area contributed by atoms with Gasteiger partial charge in [0.15, 0.2) is 0 Å². The van der Waals surface area contributed by atoms with Crippen LogP contribution in [0.15, 0.2) is 41.9 Å². The molecule has 35 heavy (non-hydrogen) atoms. The molecule has 1 aliphatic carbocycles. The number of nitrogens with zero attached hydrogens (tertiary/aromatic N) is 2. The molecule has 4 rings (SSSR count). The SMILES string of the molecule is Cc1ccc(CN2CCC(CCCCN3CC[C@@H](C4(C)C=CC(O)=C(F)C4)[C@H](F)C3)C2=O)cc1F. The van der Waals surface area contributed by atoms with Crippen LogP contribution in [0.4, 0.5) is 13.2 Å². The van der Waals surface area contributed by atoms with E-state index in [1.165, 1.54) is 12.1 Å². The van der Waals surface area contributed by atoms with Crippen molar-refractivity contribution in [1.29, 1.82) is 0 Å². The number of rotatable bonds is 8. The van der Waals surface area contributed by atoms with Gasteiger partial charge in [0.05, 0.1) is 0 Å². The summed E-state index contributed by atoms with van der Waals surface area (Å²) in [5.74, 6) is -1.24. The fraction of sp³-hybridized carbons (Fsp3) is 0.607. The normalized spacial score (nSPS) is 29.9. The van der Waals surface area contributed by atoms with E-state index < -0.39 is 17.4 Å². The van der Waals surface area contributed by atoms with Crippen LogP contribution < -0.4 is 0 Å². The average Bonchev–Trinajstić information content (AvgIpc) is 3.15. The lowest BCUT2D eigenvalue weighted by atomic mass is 9.67. The first-order valence-corrected chi connectivity index (χ1v) is 12.8. The molecule has 4 atom stereocenters. The maximum atomic E-state index is 15.1. The Kier molecular flexibility index (Phi) is 7.94. The van der Waals surface area contributed by atoms with Gasteiger partial charge in [-0.1, -0.05) is 31.6 Å². The maximum absolute atomic E-state index is 15.1. The van der Waals surface area contributed by atoms with Gasteiger partial charge in [-0.15, -0.1) is 0 Å². The Morgan fingerprint density at radius 2 is 1.97 bits per heavy atom. The van der Waals surface area contributed by atoms with E-state index in [2.05, 4.69) is 4.90 Å². The van der Waals surface area contributed by atoms with Crippen LogP contribution in [-0.4, -0.2) is 53.2 Å². The molecule has 7 heteroatoms. The van der Waals surface area contributed by atoms with Gasteiger partial charge in [0.1, 0.15) is 23.6 Å². The second-order valence-corrected chi connectivity index (χ2v) is 10.8. The summed E-state index contributed by atoms with van der Waals surface area (Å²) in [6.07, 6.45) is 6.27. The third-order valence-corrected chi connectivity index (χ3v) is 8.20. The maximum Gasteiger partial charge on any atom is 0.226 e. The first-order valence-electron chi connectivity index (χ1n) is 12.8. The molecule has 4 nitrogen and oxygen atoms in total. The Morgan fingerprint density at radius 3 is 2.69 bits per heavy atom. The standard InChI is InChI=1S/C28H37F3N2O2/c1-19-6-7-20(15-23(19)29)17-33-14-9-21(27(33)35)5-3-4-12-32-13-10-22(25(31)18-32)28(2)11-8-26(34)24(30)16-28/h6-8,11,15,21-22,25,34H,3-5,9-10,12-14,16-18H2,1-2H3/t21?,22-,25-,28?/m1/s1. The largest absolute Gasteiger partial charge is 0.505 e. The molecule has 2 heterocycles. The van der Waals surface area contributed by atoms with Crippen molar-refractivity contribution in [3.63, 3.8) is 0 Å². The summed E-state index contributed by atoms with van der Waals surface area (Å²) >= 11 is 0. The molecule has 1 aromatic rings. The van der Waals surface area contributed by atoms with Gasteiger partial charge in [-0.2, -0.15) is 0 Å². The van der Waals surface area contributed by atoms with Gasteiger partial charge in [0.2, 0.25) is 5.91 Å². The minimum Gasteiger partial charge on any atom is -0.505 e. The molecular formula is C28H37F3N2O2. The van der Waals surface area contributed by atoms with Crippen molar-refractivity contribution in [2.24, 2.45) is 17.3 Å². The number of halogens is 3. The van der Waals surface area contributed by atoms with Gasteiger partial charge in [0, 0.05) is 37.9 Å². The number of carbonyl (C=O) groups is 1. The monoisotopic (exact) mass is 490 g/mol. The second-order valence-electron chi connectivity index (χ2n) is 10.8. The predicted molar refractivity (Wildman–Crippen MR) is 131 cm³/mol. The molecule has 192 valence electrons. The van der Waals surface area contributed by atoms with Crippen LogP contribution in [0.25, 0.3) is 0 Å². The van der Waals surface area contributed by atoms with Gasteiger partial charge in [0.25, 0.3) is 0 Å². The Hall–Kier alpha value is -2.28. The molecule has 0 bridgehead atoms. The summed E-state index contributed by atoms with van der Waals surface area (Å²) < 4.78 is 42.9. The fourth-order valence-corrected chi connectivity index (χ4v) is 5.92. The number of amides is 1. The predicted octanol–water partition coefficient (Wildman–Crippen LogP) is 6.02. The highest BCUT2D eigenvalue weighted by molar-refractivity contribution is 5.80. The van der Waals surface area contributed by atoms with E-state index in [4.69, 9.17) is 0 Å². The number of likely N-dealkylation sites (tertiary alicyclic amines) is 2. The third kappa shape index (κ3) is 5.93. The highest BCUT2D eigenvalue weighted by Gasteiger charge is 2.43. The van der Waals surface area contributed by atoms with E-state index in [0.717, 1.165) is 44.3 Å². The van der Waals surface area contributed by atoms with Gasteiger partial charge in [-0.25, -0.2) is 13.2 Å². The van der Waals surface area contributed by atoms with E-state index in [-0.39, 0.29) is 35.7 Å². The molecule has 1 N–H and O–H groups in total. The van der Waals surface area contributed by atoms with Gasteiger partial charge >= 0.3 is 0 Å². The van der Waals surface area contributed by atoms with Crippen molar-refractivity contribution in [2.75, 3.05) is 26.2 Å². The van der Waals surface area contributed by atoms with Gasteiger partial charge < -0.3 is 14.9 Å². The Bertz CT molecular complexity index is 994. The minimum atomic E-state index is -1.04. The molecule has 0 saturated carbocycles. The summed E-state index contributed by atoms with van der Waals surface area (Å²) in [7, 11) is 0. The Labute approximate surface area is 206 Å². The number of allylic oxidation sites excluding steroid dienone is 3. The van der Waals surface area contributed by atoms with E-state index in [1.54, 1.807) is 19.1 Å². The van der Waals surface area contributed by atoms with Gasteiger partial charge in [-0.3, -0.25) is 4.79 Å². The molecule has 2 unspecified atom stereocenters. The zero-order valence-corrected chi connectivity index (χ0v) is 20.8. The Morgan fingerprint density at radius 1 is 1.17 bits per heavy atom. The Balaban J connectivity index is 1.17. The zero-order chi connectivity index (χ0) is 25.2. The van der Waals surface area contributed by atoms with Gasteiger partial charge in [-0.05, 0) is 74.4 Å². The van der Waals surface area contributed by atoms with Crippen molar-refractivity contribution in [3.8, 4) is 0 Å². The van der Waals surface area contributed by atoms with Crippen LogP contribution in [0.5, 0.6) is 0 Å². The second kappa shape index (κ2) is 10.8. The summed E-state index contributed by atoms with van der Waals surface area (Å²) in [4.78, 5) is 16.7. The van der Waals surface area contributed by atoms with Crippen LogP contribution in [0.2, 0.25) is 0 Å². The number of unbranched alkanes of at least 4 members (excludes halogenated alkanes) is 1. The molecule has 2 fully saturated rings. The molecule has 1 amide bonds. The minimum absolute atomic E-state index is 0.0161. The third-order valence-electron chi connectivity index (χ3n) is 8.20. The summed E-state index contributed by atoms with van der Waals surface area (Å²) in [6.45, 7) is 6.67. The van der Waals surface area contributed by atoms with Crippen LogP contribution in [0.3, 0.4) is 0 Å². The number of hydrogen-bond donors (Lipinski definition) is 1. The number of carbonyl (C=O) groups excluding carboxylic acids is 1. The lowest BCUT2D eigenvalue weighted by molar-refractivity contribution is -0.131. The van der Waals surface area contributed by atoms with E-state index in [1.807, 2.05) is 17.9 Å². The number of alkyl halides is 1. The molecule has 1 aromatic carbocycles. The van der Waals surface area contributed by atoms with E-state index in [0.29, 0.717) is 31.6 Å². The van der Waals surface area contributed by atoms with Crippen molar-refractivity contribution < 1.29 is 23.1 Å². The van der Waals surface area contributed by atoms with Crippen molar-refractivity contribution in [2.45, 2.75) is 65.1 Å². The van der Waals surface area contributed by atoms with Crippen LogP contribution in [0, 0.1) is 30.0 Å². The summed E-state index contributed by atoms with van der Waals surface area (Å²) in [5.41, 5.74) is 0.814. The van der Waals surface area contributed by atoms with Crippen molar-refractivity contribution in [3.05, 3.63) is 58.9 Å². The summed E-state index contributed by atoms with van der Waals surface area (Å²) in [5, 5.41) is 9.51. The first-order chi connectivity index (χ1) is 16.7. The number of benzene rings is 1. The van der Waals surface area contributed by atoms with Crippen LogP contribution >= 0.6 is 0 Å². The van der Waals surface area contributed by atoms with Crippen LogP contribution in [0.1, 0.15) is 56.6 Å². The lowest BCUT2D eigenvalue weighted by Crippen LogP contribution is -2.47. The van der Waals surface area contributed by atoms with Crippen molar-refractivity contribution >= 4 is 5.91 Å². The molecule has 3 aliphatic rings.